The molecule has 2 aliphatic rings. The normalized spacial score (nSPS) is 41.8. The van der Waals surface area contributed by atoms with Crippen LogP contribution in [0.15, 0.2) is 0 Å². The number of carbonyl (C=O) groups excluding carboxylic acids is 1. The molecular formula is C9H14O2S. The van der Waals surface area contributed by atoms with Gasteiger partial charge in [0, 0.05) is 12.5 Å². The topological polar surface area (TPSA) is 26.3 Å². The lowest BCUT2D eigenvalue weighted by atomic mass is 9.88. The lowest BCUT2D eigenvalue weighted by Gasteiger charge is -2.26. The van der Waals surface area contributed by atoms with E-state index in [1.165, 1.54) is 12.7 Å². The van der Waals surface area contributed by atoms with Crippen LogP contribution in [0.5, 0.6) is 0 Å². The lowest BCUT2D eigenvalue weighted by Crippen LogP contribution is -2.34. The maximum absolute atomic E-state index is 11.0. The second-order valence-electron chi connectivity index (χ2n) is 3.59. The van der Waals surface area contributed by atoms with Crippen LogP contribution in [0.4, 0.5) is 0 Å². The van der Waals surface area contributed by atoms with Crippen molar-refractivity contribution in [3.63, 3.8) is 0 Å². The molecule has 2 rings (SSSR count). The first-order chi connectivity index (χ1) is 5.87. The minimum atomic E-state index is -0.0729. The molecular weight excluding hydrogens is 172 g/mol. The van der Waals surface area contributed by atoms with E-state index in [1.54, 1.807) is 0 Å². The summed E-state index contributed by atoms with van der Waals surface area (Å²) in [6.45, 7) is 1.65. The van der Waals surface area contributed by atoms with E-state index in [0.29, 0.717) is 5.92 Å². The number of hydrogen-bond donors (Lipinski definition) is 0. The van der Waals surface area contributed by atoms with Crippen LogP contribution in [0.3, 0.4) is 0 Å². The Bertz CT molecular complexity index is 169. The summed E-state index contributed by atoms with van der Waals surface area (Å²) in [6.07, 6.45) is 4.50. The molecule has 2 aliphatic heterocycles. The van der Waals surface area contributed by atoms with Crippen LogP contribution in [-0.2, 0) is 9.53 Å². The van der Waals surface area contributed by atoms with Gasteiger partial charge in [0.1, 0.15) is 6.29 Å². The van der Waals surface area contributed by atoms with E-state index in [-0.39, 0.29) is 4.75 Å². The van der Waals surface area contributed by atoms with E-state index < -0.39 is 0 Å². The van der Waals surface area contributed by atoms with Crippen molar-refractivity contribution < 1.29 is 9.53 Å². The van der Waals surface area contributed by atoms with E-state index in [9.17, 15) is 4.79 Å². The molecule has 0 saturated carbocycles. The second-order valence-corrected chi connectivity index (χ2v) is 5.04. The minimum absolute atomic E-state index is 0.0729. The summed E-state index contributed by atoms with van der Waals surface area (Å²) in [4.78, 5) is 11.0. The van der Waals surface area contributed by atoms with E-state index >= 15 is 0 Å². The second kappa shape index (κ2) is 3.38. The average Bonchev–Trinajstić information content (AvgIpc) is 2.76. The maximum Gasteiger partial charge on any atom is 0.136 e. The first kappa shape index (κ1) is 8.57. The Labute approximate surface area is 77.0 Å². The van der Waals surface area contributed by atoms with E-state index in [2.05, 4.69) is 0 Å². The van der Waals surface area contributed by atoms with Crippen LogP contribution in [0.25, 0.3) is 0 Å². The molecule has 2 nitrogen and oxygen atoms in total. The van der Waals surface area contributed by atoms with Crippen molar-refractivity contribution in [3.05, 3.63) is 0 Å². The summed E-state index contributed by atoms with van der Waals surface area (Å²) in [7, 11) is 0. The molecule has 2 heterocycles. The van der Waals surface area contributed by atoms with Gasteiger partial charge < -0.3 is 9.53 Å². The monoisotopic (exact) mass is 186 g/mol. The van der Waals surface area contributed by atoms with E-state index in [0.717, 1.165) is 31.8 Å². The maximum atomic E-state index is 11.0. The number of ether oxygens (including phenoxy) is 1. The summed E-state index contributed by atoms with van der Waals surface area (Å²) >= 11 is 1.84. The summed E-state index contributed by atoms with van der Waals surface area (Å²) in [6, 6.07) is 0. The van der Waals surface area contributed by atoms with Gasteiger partial charge in [-0.1, -0.05) is 0 Å². The Hall–Kier alpha value is -0.0200. The van der Waals surface area contributed by atoms with Crippen LogP contribution in [0.1, 0.15) is 19.3 Å². The zero-order chi connectivity index (χ0) is 8.44. The fraction of sp³-hybridized carbons (Fsp3) is 0.889. The van der Waals surface area contributed by atoms with Crippen LogP contribution < -0.4 is 0 Å². The molecule has 0 amide bonds. The first-order valence-electron chi connectivity index (χ1n) is 4.55. The number of carbonyl (C=O) groups is 1. The third-order valence-electron chi connectivity index (χ3n) is 2.90. The molecule has 0 aromatic heterocycles. The van der Waals surface area contributed by atoms with Crippen molar-refractivity contribution >= 4 is 18.0 Å². The summed E-state index contributed by atoms with van der Waals surface area (Å²) < 4.78 is 5.25. The molecule has 3 heteroatoms. The third kappa shape index (κ3) is 1.29. The molecule has 0 N–H and O–H groups in total. The van der Waals surface area contributed by atoms with E-state index in [4.69, 9.17) is 4.74 Å². The van der Waals surface area contributed by atoms with Crippen molar-refractivity contribution in [2.75, 3.05) is 19.0 Å². The summed E-state index contributed by atoms with van der Waals surface area (Å²) in [5.74, 6) is 1.64. The number of aldehydes is 1. The van der Waals surface area contributed by atoms with Crippen LogP contribution in [0.2, 0.25) is 0 Å². The van der Waals surface area contributed by atoms with E-state index in [1.807, 2.05) is 11.8 Å². The molecule has 2 unspecified atom stereocenters. The molecule has 0 aliphatic carbocycles. The Balaban J connectivity index is 2.09. The number of thioether (sulfide) groups is 1. The quantitative estimate of drug-likeness (QED) is 0.611. The highest BCUT2D eigenvalue weighted by Crippen LogP contribution is 2.45. The molecule has 0 aromatic carbocycles. The number of hydrogen-bond acceptors (Lipinski definition) is 3. The van der Waals surface area contributed by atoms with Gasteiger partial charge in [-0.15, -0.1) is 11.8 Å². The zero-order valence-electron chi connectivity index (χ0n) is 7.12. The fourth-order valence-corrected chi connectivity index (χ4v) is 3.56. The molecule has 0 bridgehead atoms. The van der Waals surface area contributed by atoms with Crippen molar-refractivity contribution in [3.8, 4) is 0 Å². The van der Waals surface area contributed by atoms with Crippen LogP contribution in [-0.4, -0.2) is 30.0 Å². The van der Waals surface area contributed by atoms with Gasteiger partial charge in [0.15, 0.2) is 0 Å². The zero-order valence-corrected chi connectivity index (χ0v) is 7.94. The Morgan fingerprint density at radius 3 is 3.00 bits per heavy atom. The predicted molar refractivity (Wildman–Crippen MR) is 49.4 cm³/mol. The van der Waals surface area contributed by atoms with Gasteiger partial charge >= 0.3 is 0 Å². The molecule has 2 saturated heterocycles. The first-order valence-corrected chi connectivity index (χ1v) is 5.54. The fourth-order valence-electron chi connectivity index (χ4n) is 2.11. The van der Waals surface area contributed by atoms with Gasteiger partial charge in [-0.05, 0) is 25.0 Å². The Kier molecular flexibility index (Phi) is 2.42. The van der Waals surface area contributed by atoms with Gasteiger partial charge in [-0.2, -0.15) is 0 Å². The van der Waals surface area contributed by atoms with Gasteiger partial charge in [-0.25, -0.2) is 0 Å². The highest BCUT2D eigenvalue weighted by Gasteiger charge is 2.43. The average molecular weight is 186 g/mol. The molecule has 12 heavy (non-hydrogen) atoms. The SMILES string of the molecule is O=CC1(C2CCOC2)CCCS1. The highest BCUT2D eigenvalue weighted by molar-refractivity contribution is 8.01. The molecule has 0 spiro atoms. The van der Waals surface area contributed by atoms with Crippen molar-refractivity contribution in [2.24, 2.45) is 5.92 Å². The summed E-state index contributed by atoms with van der Waals surface area (Å²) in [5, 5.41) is 0. The smallest absolute Gasteiger partial charge is 0.136 e. The van der Waals surface area contributed by atoms with Crippen molar-refractivity contribution in [2.45, 2.75) is 24.0 Å². The minimum Gasteiger partial charge on any atom is -0.381 e. The molecule has 0 aromatic rings. The van der Waals surface area contributed by atoms with Crippen molar-refractivity contribution in [1.29, 1.82) is 0 Å². The van der Waals surface area contributed by atoms with Crippen LogP contribution in [0, 0.1) is 5.92 Å². The standard InChI is InChI=1S/C9H14O2S/c10-7-9(3-1-5-12-9)8-2-4-11-6-8/h7-8H,1-6H2. The third-order valence-corrected chi connectivity index (χ3v) is 4.57. The van der Waals surface area contributed by atoms with Gasteiger partial charge in [0.05, 0.1) is 11.4 Å². The van der Waals surface area contributed by atoms with Crippen molar-refractivity contribution in [1.82, 2.24) is 0 Å². The molecule has 2 atom stereocenters. The Morgan fingerprint density at radius 1 is 1.58 bits per heavy atom. The largest absolute Gasteiger partial charge is 0.381 e. The lowest BCUT2D eigenvalue weighted by molar-refractivity contribution is -0.111. The van der Waals surface area contributed by atoms with Crippen LogP contribution >= 0.6 is 11.8 Å². The predicted octanol–water partition coefficient (Wildman–Crippen LogP) is 1.49. The molecule has 2 fully saturated rings. The van der Waals surface area contributed by atoms with Gasteiger partial charge in [-0.3, -0.25) is 0 Å². The molecule has 68 valence electrons. The Morgan fingerprint density at radius 2 is 2.50 bits per heavy atom. The van der Waals surface area contributed by atoms with Gasteiger partial charge in [0.2, 0.25) is 0 Å². The highest BCUT2D eigenvalue weighted by atomic mass is 32.2. The molecule has 0 radical (unpaired) electrons. The van der Waals surface area contributed by atoms with Gasteiger partial charge in [0.25, 0.3) is 0 Å². The number of rotatable bonds is 2. The summed E-state index contributed by atoms with van der Waals surface area (Å²) in [5.41, 5.74) is 0.